The van der Waals surface area contributed by atoms with Crippen LogP contribution >= 0.6 is 0 Å². The Hall–Kier alpha value is -3.38. The van der Waals surface area contributed by atoms with Crippen LogP contribution in [-0.2, 0) is 0 Å². The van der Waals surface area contributed by atoms with Crippen molar-refractivity contribution in [1.82, 2.24) is 15.2 Å². The molecule has 1 aromatic heterocycles. The van der Waals surface area contributed by atoms with Gasteiger partial charge >= 0.3 is 0 Å². The third-order valence-corrected chi connectivity index (χ3v) is 4.81. The van der Waals surface area contributed by atoms with Crippen molar-refractivity contribution in [3.05, 3.63) is 66.4 Å². The maximum Gasteiger partial charge on any atom is 0.251 e. The van der Waals surface area contributed by atoms with Gasteiger partial charge in [-0.05, 0) is 55.6 Å². The molecule has 0 unspecified atom stereocenters. The van der Waals surface area contributed by atoms with Crippen LogP contribution in [0.1, 0.15) is 10.4 Å². The Kier molecular flexibility index (Phi) is 7.03. The number of rotatable bonds is 8. The first-order valence-electron chi connectivity index (χ1n) is 9.87. The maximum absolute atomic E-state index is 12.5. The zero-order chi connectivity index (χ0) is 21.5. The molecule has 0 saturated carbocycles. The number of nitrogens with one attached hydrogen (secondary N) is 2. The molecular formula is C24H28N4O2. The molecule has 0 aliphatic carbocycles. The quantitative estimate of drug-likeness (QED) is 0.598. The van der Waals surface area contributed by atoms with E-state index in [0.717, 1.165) is 40.4 Å². The van der Waals surface area contributed by atoms with E-state index in [1.165, 1.54) is 0 Å². The number of aromatic nitrogens is 1. The number of anilines is 1. The monoisotopic (exact) mass is 404 g/mol. The third-order valence-electron chi connectivity index (χ3n) is 4.81. The Morgan fingerprint density at radius 2 is 1.80 bits per heavy atom. The van der Waals surface area contributed by atoms with Crippen molar-refractivity contribution in [2.24, 2.45) is 0 Å². The van der Waals surface area contributed by atoms with Gasteiger partial charge in [-0.2, -0.15) is 0 Å². The normalized spacial score (nSPS) is 10.7. The number of nitrogens with zero attached hydrogens (tertiary/aromatic N) is 2. The minimum atomic E-state index is -0.0773. The summed E-state index contributed by atoms with van der Waals surface area (Å²) in [5, 5.41) is 6.11. The molecule has 1 amide bonds. The Labute approximate surface area is 177 Å². The van der Waals surface area contributed by atoms with Crippen LogP contribution in [0.2, 0.25) is 0 Å². The molecular weight excluding hydrogens is 376 g/mol. The number of carbonyl (C=O) groups excluding carboxylic acids is 1. The first-order valence-corrected chi connectivity index (χ1v) is 9.87. The molecule has 30 heavy (non-hydrogen) atoms. The van der Waals surface area contributed by atoms with E-state index in [4.69, 9.17) is 4.74 Å². The molecule has 3 rings (SSSR count). The predicted molar refractivity (Wildman–Crippen MR) is 122 cm³/mol. The van der Waals surface area contributed by atoms with Gasteiger partial charge in [0, 0.05) is 43.0 Å². The maximum atomic E-state index is 12.5. The van der Waals surface area contributed by atoms with Gasteiger partial charge in [-0.3, -0.25) is 4.79 Å². The molecule has 2 aromatic carbocycles. The highest BCUT2D eigenvalue weighted by atomic mass is 16.5. The van der Waals surface area contributed by atoms with E-state index in [9.17, 15) is 4.79 Å². The summed E-state index contributed by atoms with van der Waals surface area (Å²) >= 11 is 0. The summed E-state index contributed by atoms with van der Waals surface area (Å²) in [7, 11) is 7.47. The molecule has 0 aliphatic heterocycles. The number of carbonyl (C=O) groups is 1. The van der Waals surface area contributed by atoms with E-state index in [1.807, 2.05) is 80.8 Å². The fourth-order valence-electron chi connectivity index (χ4n) is 3.17. The van der Waals surface area contributed by atoms with Crippen LogP contribution in [0.3, 0.4) is 0 Å². The second-order valence-corrected chi connectivity index (χ2v) is 7.24. The van der Waals surface area contributed by atoms with Gasteiger partial charge < -0.3 is 20.3 Å². The molecule has 2 N–H and O–H groups in total. The van der Waals surface area contributed by atoms with Gasteiger partial charge in [-0.25, -0.2) is 4.98 Å². The number of methoxy groups -OCH3 is 1. The van der Waals surface area contributed by atoms with Gasteiger partial charge in [0.15, 0.2) is 0 Å². The molecule has 0 bridgehead atoms. The van der Waals surface area contributed by atoms with Gasteiger partial charge in [-0.1, -0.05) is 24.3 Å². The van der Waals surface area contributed by atoms with E-state index in [2.05, 4.69) is 21.7 Å². The number of hydrogen-bond donors (Lipinski definition) is 2. The Balaban J connectivity index is 1.92. The molecule has 6 nitrogen and oxygen atoms in total. The minimum Gasteiger partial charge on any atom is -0.497 e. The van der Waals surface area contributed by atoms with Crippen LogP contribution in [0.15, 0.2) is 60.8 Å². The molecule has 0 aliphatic rings. The minimum absolute atomic E-state index is 0.0773. The van der Waals surface area contributed by atoms with Gasteiger partial charge in [0.25, 0.3) is 5.91 Å². The Bertz CT molecular complexity index is 1020. The summed E-state index contributed by atoms with van der Waals surface area (Å²) in [5.41, 5.74) is 4.48. The number of benzene rings is 2. The van der Waals surface area contributed by atoms with Crippen LogP contribution in [-0.4, -0.2) is 57.1 Å². The van der Waals surface area contributed by atoms with Gasteiger partial charge in [0.2, 0.25) is 0 Å². The average Bonchev–Trinajstić information content (AvgIpc) is 2.78. The lowest BCUT2D eigenvalue weighted by molar-refractivity contribution is 0.0951. The van der Waals surface area contributed by atoms with Crippen LogP contribution in [0, 0.1) is 0 Å². The van der Waals surface area contributed by atoms with Crippen LogP contribution in [0.25, 0.3) is 22.3 Å². The second kappa shape index (κ2) is 9.89. The fourth-order valence-corrected chi connectivity index (χ4v) is 3.17. The first kappa shape index (κ1) is 21.3. The summed E-state index contributed by atoms with van der Waals surface area (Å²) in [5.74, 6) is 1.49. The average molecular weight is 405 g/mol. The number of pyridine rings is 1. The molecule has 0 fully saturated rings. The van der Waals surface area contributed by atoms with E-state index < -0.39 is 0 Å². The lowest BCUT2D eigenvalue weighted by atomic mass is 9.99. The summed E-state index contributed by atoms with van der Waals surface area (Å²) < 4.78 is 5.37. The molecule has 3 aromatic rings. The molecule has 0 saturated heterocycles. The lowest BCUT2D eigenvalue weighted by Gasteiger charge is -2.13. The van der Waals surface area contributed by atoms with Gasteiger partial charge in [-0.15, -0.1) is 0 Å². The van der Waals surface area contributed by atoms with E-state index in [0.29, 0.717) is 12.1 Å². The van der Waals surface area contributed by atoms with Crippen LogP contribution in [0.5, 0.6) is 5.75 Å². The van der Waals surface area contributed by atoms with Crippen LogP contribution in [0.4, 0.5) is 5.82 Å². The predicted octanol–water partition coefficient (Wildman–Crippen LogP) is 3.76. The number of likely N-dealkylation sites (N-methyl/N-ethyl adjacent to an activating group) is 1. The summed E-state index contributed by atoms with van der Waals surface area (Å²) in [6.45, 7) is 1.40. The highest BCUT2D eigenvalue weighted by molar-refractivity contribution is 5.95. The zero-order valence-electron chi connectivity index (χ0n) is 17.9. The topological polar surface area (TPSA) is 66.5 Å². The summed E-state index contributed by atoms with van der Waals surface area (Å²) in [4.78, 5) is 19.1. The van der Waals surface area contributed by atoms with Gasteiger partial charge in [0.05, 0.1) is 7.11 Å². The van der Waals surface area contributed by atoms with Crippen molar-refractivity contribution in [3.63, 3.8) is 0 Å². The molecule has 0 spiro atoms. The third kappa shape index (κ3) is 5.15. The summed E-state index contributed by atoms with van der Waals surface area (Å²) in [6, 6.07) is 17.6. The first-order chi connectivity index (χ1) is 14.5. The Morgan fingerprint density at radius 1 is 1.03 bits per heavy atom. The van der Waals surface area contributed by atoms with Gasteiger partial charge in [0.1, 0.15) is 11.6 Å². The van der Waals surface area contributed by atoms with E-state index >= 15 is 0 Å². The molecule has 0 radical (unpaired) electrons. The van der Waals surface area contributed by atoms with E-state index in [1.54, 1.807) is 7.11 Å². The van der Waals surface area contributed by atoms with Crippen molar-refractivity contribution in [3.8, 4) is 28.0 Å². The Morgan fingerprint density at radius 3 is 2.53 bits per heavy atom. The smallest absolute Gasteiger partial charge is 0.251 e. The zero-order valence-corrected chi connectivity index (χ0v) is 17.9. The second-order valence-electron chi connectivity index (χ2n) is 7.24. The van der Waals surface area contributed by atoms with Crippen molar-refractivity contribution >= 4 is 11.7 Å². The largest absolute Gasteiger partial charge is 0.497 e. The summed E-state index contributed by atoms with van der Waals surface area (Å²) in [6.07, 6.45) is 1.82. The van der Waals surface area contributed by atoms with Crippen molar-refractivity contribution in [2.45, 2.75) is 0 Å². The lowest BCUT2D eigenvalue weighted by Crippen LogP contribution is -2.31. The SMILES string of the molecule is CNc1ncc(-c2cccc(C(=O)NCCN(C)C)c2)cc1-c1cccc(OC)c1. The molecule has 1 heterocycles. The highest BCUT2D eigenvalue weighted by Crippen LogP contribution is 2.32. The van der Waals surface area contributed by atoms with Crippen molar-refractivity contribution < 1.29 is 9.53 Å². The highest BCUT2D eigenvalue weighted by Gasteiger charge is 2.11. The molecule has 6 heteroatoms. The standard InChI is InChI=1S/C24H28N4O2/c1-25-23-22(18-8-6-10-21(14-18)30-4)15-20(16-27-23)17-7-5-9-19(13-17)24(29)26-11-12-28(2)3/h5-10,13-16H,11-12H2,1-4H3,(H,25,27)(H,26,29). The molecule has 156 valence electrons. The van der Waals surface area contributed by atoms with Crippen molar-refractivity contribution in [1.29, 1.82) is 0 Å². The van der Waals surface area contributed by atoms with E-state index in [-0.39, 0.29) is 5.91 Å². The molecule has 0 atom stereocenters. The van der Waals surface area contributed by atoms with Crippen LogP contribution < -0.4 is 15.4 Å². The fraction of sp³-hybridized carbons (Fsp3) is 0.250. The number of ether oxygens (including phenoxy) is 1. The number of amides is 1. The number of hydrogen-bond acceptors (Lipinski definition) is 5. The van der Waals surface area contributed by atoms with Crippen molar-refractivity contribution in [2.75, 3.05) is 46.7 Å².